The summed E-state index contributed by atoms with van der Waals surface area (Å²) in [5, 5.41) is 20.3. The number of carbonyl (C=O) groups is 2. The molecule has 1 aliphatic carbocycles. The van der Waals surface area contributed by atoms with E-state index >= 15 is 0 Å². The highest BCUT2D eigenvalue weighted by Gasteiger charge is 2.24. The minimum atomic E-state index is -0.145. The monoisotopic (exact) mass is 559 g/mol. The minimum Gasteiger partial charge on any atom is -0.349 e. The van der Waals surface area contributed by atoms with Crippen LogP contribution >= 0.6 is 0 Å². The summed E-state index contributed by atoms with van der Waals surface area (Å²) in [6, 6.07) is 26.2. The van der Waals surface area contributed by atoms with E-state index in [4.69, 9.17) is 4.98 Å². The Kier molecular flexibility index (Phi) is 7.98. The van der Waals surface area contributed by atoms with E-state index in [0.29, 0.717) is 36.2 Å². The molecule has 6 rings (SSSR count). The number of hydrogen-bond donors (Lipinski definition) is 3. The second-order valence-corrected chi connectivity index (χ2v) is 11.0. The van der Waals surface area contributed by atoms with Gasteiger partial charge in [0.2, 0.25) is 5.91 Å². The Labute approximate surface area is 244 Å². The number of aromatic amines is 1. The Morgan fingerprint density at radius 3 is 2.40 bits per heavy atom. The van der Waals surface area contributed by atoms with Crippen molar-refractivity contribution in [3.8, 4) is 11.1 Å². The molecule has 9 heteroatoms. The van der Waals surface area contributed by atoms with Gasteiger partial charge in [-0.15, -0.1) is 10.2 Å². The van der Waals surface area contributed by atoms with Gasteiger partial charge in [-0.05, 0) is 85.4 Å². The van der Waals surface area contributed by atoms with Crippen LogP contribution in [-0.4, -0.2) is 37.4 Å². The molecule has 2 aromatic heterocycles. The highest BCUT2D eigenvalue weighted by Crippen LogP contribution is 2.38. The van der Waals surface area contributed by atoms with Crippen LogP contribution in [0.15, 0.2) is 78.9 Å². The molecule has 0 unspecified atom stereocenters. The standard InChI is InChI=1S/C33H33N7O2/c1-21-17-29(33(42)36-27-5-3-2-4-6-27)28-16-15-26(19-30(28)35-21)25-13-11-24(12-14-25)23-9-7-22(8-10-23)18-32(41)34-20-31-37-39-40-38-31/h2-6,11-17,19,22-23H,7-10,18,20H2,1H3,(H,34,41)(H,36,42)(H,37,38,39,40). The summed E-state index contributed by atoms with van der Waals surface area (Å²) in [5.74, 6) is 1.29. The van der Waals surface area contributed by atoms with E-state index in [9.17, 15) is 9.59 Å². The number of hydrogen-bond acceptors (Lipinski definition) is 6. The second kappa shape index (κ2) is 12.3. The zero-order valence-electron chi connectivity index (χ0n) is 23.5. The van der Waals surface area contributed by atoms with Gasteiger partial charge in [0.25, 0.3) is 5.91 Å². The third-order valence-electron chi connectivity index (χ3n) is 8.08. The number of para-hydroxylation sites is 1. The molecule has 0 radical (unpaired) electrons. The third-order valence-corrected chi connectivity index (χ3v) is 8.08. The van der Waals surface area contributed by atoms with E-state index in [1.165, 1.54) is 5.56 Å². The molecule has 2 heterocycles. The summed E-state index contributed by atoms with van der Waals surface area (Å²) >= 11 is 0. The van der Waals surface area contributed by atoms with Crippen LogP contribution in [-0.2, 0) is 11.3 Å². The van der Waals surface area contributed by atoms with Gasteiger partial charge in [-0.3, -0.25) is 14.6 Å². The minimum absolute atomic E-state index is 0.0385. The van der Waals surface area contributed by atoms with Crippen LogP contribution in [0.5, 0.6) is 0 Å². The smallest absolute Gasteiger partial charge is 0.256 e. The van der Waals surface area contributed by atoms with E-state index < -0.39 is 0 Å². The lowest BCUT2D eigenvalue weighted by Gasteiger charge is -2.28. The molecule has 3 N–H and O–H groups in total. The number of tetrazole rings is 1. The van der Waals surface area contributed by atoms with Gasteiger partial charge in [-0.25, -0.2) is 0 Å². The quantitative estimate of drug-likeness (QED) is 0.216. The van der Waals surface area contributed by atoms with Crippen LogP contribution < -0.4 is 10.6 Å². The molecule has 1 fully saturated rings. The number of pyridine rings is 1. The number of nitrogens with one attached hydrogen (secondary N) is 3. The van der Waals surface area contributed by atoms with Gasteiger partial charge in [0.05, 0.1) is 17.6 Å². The number of anilines is 1. The number of amides is 2. The molecule has 212 valence electrons. The topological polar surface area (TPSA) is 126 Å². The fourth-order valence-corrected chi connectivity index (χ4v) is 5.87. The van der Waals surface area contributed by atoms with Crippen LogP contribution in [0.2, 0.25) is 0 Å². The van der Waals surface area contributed by atoms with E-state index in [1.54, 1.807) is 0 Å². The first-order valence-corrected chi connectivity index (χ1v) is 14.4. The van der Waals surface area contributed by atoms with Crippen molar-refractivity contribution in [3.63, 3.8) is 0 Å². The molecular weight excluding hydrogens is 526 g/mol. The van der Waals surface area contributed by atoms with Gasteiger partial charge in [-0.1, -0.05) is 59.8 Å². The van der Waals surface area contributed by atoms with Crippen molar-refractivity contribution >= 4 is 28.4 Å². The van der Waals surface area contributed by atoms with E-state index in [-0.39, 0.29) is 11.8 Å². The second-order valence-electron chi connectivity index (χ2n) is 11.0. The number of aryl methyl sites for hydroxylation is 1. The van der Waals surface area contributed by atoms with Gasteiger partial charge >= 0.3 is 0 Å². The lowest BCUT2D eigenvalue weighted by atomic mass is 9.77. The lowest BCUT2D eigenvalue weighted by molar-refractivity contribution is -0.122. The highest BCUT2D eigenvalue weighted by molar-refractivity contribution is 6.12. The lowest BCUT2D eigenvalue weighted by Crippen LogP contribution is -2.27. The summed E-state index contributed by atoms with van der Waals surface area (Å²) in [4.78, 5) is 30.2. The average molecular weight is 560 g/mol. The molecule has 0 atom stereocenters. The Bertz CT molecular complexity index is 1680. The molecule has 1 aliphatic rings. The summed E-state index contributed by atoms with van der Waals surface area (Å²) in [5.41, 5.74) is 6.50. The molecule has 3 aromatic carbocycles. The number of rotatable bonds is 8. The van der Waals surface area contributed by atoms with Crippen LogP contribution in [0, 0.1) is 12.8 Å². The molecular formula is C33H33N7O2. The zero-order valence-corrected chi connectivity index (χ0v) is 23.5. The first-order valence-electron chi connectivity index (χ1n) is 14.4. The average Bonchev–Trinajstić information content (AvgIpc) is 3.54. The summed E-state index contributed by atoms with van der Waals surface area (Å²) in [6.07, 6.45) is 4.77. The van der Waals surface area contributed by atoms with Crippen LogP contribution in [0.4, 0.5) is 5.69 Å². The molecule has 42 heavy (non-hydrogen) atoms. The van der Waals surface area contributed by atoms with Crippen LogP contribution in [0.1, 0.15) is 65.5 Å². The van der Waals surface area contributed by atoms with Gasteiger partial charge < -0.3 is 10.6 Å². The molecule has 0 saturated heterocycles. The first kappa shape index (κ1) is 27.3. The maximum absolute atomic E-state index is 13.1. The fourth-order valence-electron chi connectivity index (χ4n) is 5.87. The normalized spacial score (nSPS) is 16.7. The van der Waals surface area contributed by atoms with E-state index in [2.05, 4.69) is 67.7 Å². The summed E-state index contributed by atoms with van der Waals surface area (Å²) < 4.78 is 0. The number of benzene rings is 3. The molecule has 0 bridgehead atoms. The Morgan fingerprint density at radius 2 is 1.67 bits per heavy atom. The van der Waals surface area contributed by atoms with Crippen LogP contribution in [0.25, 0.3) is 22.0 Å². The number of carbonyl (C=O) groups excluding carboxylic acids is 2. The SMILES string of the molecule is Cc1cc(C(=O)Nc2ccccc2)c2ccc(-c3ccc(C4CCC(CC(=O)NCc5nn[nH]n5)CC4)cc3)cc2n1. The largest absolute Gasteiger partial charge is 0.349 e. The Hall–Kier alpha value is -4.92. The number of nitrogens with zero attached hydrogens (tertiary/aromatic N) is 4. The van der Waals surface area contributed by atoms with Crippen molar-refractivity contribution in [2.45, 2.75) is 51.5 Å². The van der Waals surface area contributed by atoms with Gasteiger partial charge in [-0.2, -0.15) is 5.21 Å². The Balaban J connectivity index is 1.09. The summed E-state index contributed by atoms with van der Waals surface area (Å²) in [6.45, 7) is 2.21. The number of aromatic nitrogens is 5. The van der Waals surface area contributed by atoms with Crippen molar-refractivity contribution < 1.29 is 9.59 Å². The summed E-state index contributed by atoms with van der Waals surface area (Å²) in [7, 11) is 0. The predicted octanol–water partition coefficient (Wildman–Crippen LogP) is 5.96. The number of fused-ring (bicyclic) bond motifs is 1. The van der Waals surface area contributed by atoms with Crippen molar-refractivity contribution in [1.29, 1.82) is 0 Å². The maximum Gasteiger partial charge on any atom is 0.256 e. The van der Waals surface area contributed by atoms with E-state index in [1.807, 2.05) is 49.4 Å². The van der Waals surface area contributed by atoms with Gasteiger partial charge in [0.15, 0.2) is 5.82 Å². The fraction of sp³-hybridized carbons (Fsp3) is 0.273. The molecule has 5 aromatic rings. The molecule has 0 aliphatic heterocycles. The predicted molar refractivity (Wildman–Crippen MR) is 162 cm³/mol. The Morgan fingerprint density at radius 1 is 0.905 bits per heavy atom. The number of H-pyrrole nitrogens is 1. The van der Waals surface area contributed by atoms with Crippen molar-refractivity contribution in [3.05, 3.63) is 102 Å². The third kappa shape index (κ3) is 6.35. The molecule has 1 saturated carbocycles. The molecule has 0 spiro atoms. The first-order chi connectivity index (χ1) is 20.5. The van der Waals surface area contributed by atoms with Crippen LogP contribution in [0.3, 0.4) is 0 Å². The van der Waals surface area contributed by atoms with Crippen molar-refractivity contribution in [1.82, 2.24) is 30.9 Å². The molecule has 9 nitrogen and oxygen atoms in total. The molecule has 2 amide bonds. The van der Waals surface area contributed by atoms with Crippen molar-refractivity contribution in [2.75, 3.05) is 5.32 Å². The van der Waals surface area contributed by atoms with Gasteiger partial charge in [0.1, 0.15) is 0 Å². The van der Waals surface area contributed by atoms with E-state index in [0.717, 1.165) is 59.1 Å². The highest BCUT2D eigenvalue weighted by atomic mass is 16.2. The van der Waals surface area contributed by atoms with Crippen molar-refractivity contribution in [2.24, 2.45) is 5.92 Å². The van der Waals surface area contributed by atoms with Gasteiger partial charge in [0, 0.05) is 23.2 Å². The zero-order chi connectivity index (χ0) is 28.9. The maximum atomic E-state index is 13.1.